The van der Waals surface area contributed by atoms with Crippen molar-refractivity contribution in [1.82, 2.24) is 4.90 Å². The van der Waals surface area contributed by atoms with E-state index in [2.05, 4.69) is 39.4 Å². The van der Waals surface area contributed by atoms with E-state index in [1.807, 2.05) is 0 Å². The molecule has 3 heteroatoms. The molecule has 0 bridgehead atoms. The Labute approximate surface area is 109 Å². The molecule has 1 heterocycles. The van der Waals surface area contributed by atoms with Crippen LogP contribution in [0.4, 0.5) is 0 Å². The molecule has 0 radical (unpaired) electrons. The summed E-state index contributed by atoms with van der Waals surface area (Å²) in [7, 11) is 2.53. The molecule has 0 N–H and O–H groups in total. The maximum absolute atomic E-state index is 11.0. The molecule has 0 spiro atoms. The van der Waals surface area contributed by atoms with Crippen LogP contribution in [-0.2, 0) is 4.79 Å². The summed E-state index contributed by atoms with van der Waals surface area (Å²) in [6.07, 6.45) is 5.03. The Morgan fingerprint density at radius 1 is 1.29 bits per heavy atom. The minimum Gasteiger partial charge on any atom is -0.303 e. The molecular formula is C14H30NOP. The number of Topliss-reactive ketones (excluding diaryl/α,β-unsaturated/α-hetero) is 1. The van der Waals surface area contributed by atoms with Crippen molar-refractivity contribution < 1.29 is 4.79 Å². The highest BCUT2D eigenvalue weighted by Crippen LogP contribution is 2.27. The predicted octanol–water partition coefficient (Wildman–Crippen LogP) is 3.44. The third kappa shape index (κ3) is 6.52. The van der Waals surface area contributed by atoms with Gasteiger partial charge in [-0.1, -0.05) is 20.8 Å². The number of carbonyl (C=O) groups excluding carboxylic acids is 1. The number of carbonyl (C=O) groups is 1. The first-order valence-corrected chi connectivity index (χ1v) is 9.01. The minimum atomic E-state index is 0.310. The largest absolute Gasteiger partial charge is 0.303 e. The summed E-state index contributed by atoms with van der Waals surface area (Å²) < 4.78 is 0. The zero-order valence-corrected chi connectivity index (χ0v) is 13.4. The number of hydrogen-bond donors (Lipinski definition) is 0. The van der Waals surface area contributed by atoms with Gasteiger partial charge in [-0.2, -0.15) is 0 Å². The molecule has 2 atom stereocenters. The highest BCUT2D eigenvalue weighted by Gasteiger charge is 2.30. The first kappa shape index (κ1) is 17.1. The van der Waals surface area contributed by atoms with Gasteiger partial charge in [-0.25, -0.2) is 0 Å². The lowest BCUT2D eigenvalue weighted by molar-refractivity contribution is -0.120. The van der Waals surface area contributed by atoms with E-state index < -0.39 is 0 Å². The maximum atomic E-state index is 11.0. The highest BCUT2D eigenvalue weighted by atomic mass is 31.1. The average molecular weight is 259 g/mol. The quantitative estimate of drug-likeness (QED) is 0.721. The van der Waals surface area contributed by atoms with Crippen LogP contribution in [0.3, 0.4) is 0 Å². The van der Waals surface area contributed by atoms with Crippen LogP contribution >= 0.6 is 7.92 Å². The zero-order valence-electron chi connectivity index (χ0n) is 12.5. The van der Waals surface area contributed by atoms with E-state index in [4.69, 9.17) is 0 Å². The molecule has 1 aliphatic heterocycles. The van der Waals surface area contributed by atoms with Gasteiger partial charge in [0.1, 0.15) is 5.78 Å². The minimum absolute atomic E-state index is 0.310. The van der Waals surface area contributed by atoms with Crippen molar-refractivity contribution in [2.24, 2.45) is 5.92 Å². The van der Waals surface area contributed by atoms with Crippen LogP contribution in [0.25, 0.3) is 0 Å². The lowest BCUT2D eigenvalue weighted by atomic mass is 10.0. The fourth-order valence-corrected chi connectivity index (χ4v) is 2.52. The van der Waals surface area contributed by atoms with Gasteiger partial charge in [0.15, 0.2) is 0 Å². The van der Waals surface area contributed by atoms with E-state index in [-0.39, 0.29) is 0 Å². The monoisotopic (exact) mass is 259 g/mol. The van der Waals surface area contributed by atoms with Crippen molar-refractivity contribution in [2.75, 3.05) is 32.6 Å². The molecule has 1 rings (SSSR count). The predicted molar refractivity (Wildman–Crippen MR) is 79.4 cm³/mol. The molecule has 102 valence electrons. The number of likely N-dealkylation sites (tertiary alicyclic amines) is 1. The van der Waals surface area contributed by atoms with Crippen LogP contribution in [0.1, 0.15) is 40.5 Å². The van der Waals surface area contributed by atoms with Crippen molar-refractivity contribution >= 4 is 13.7 Å². The molecule has 1 fully saturated rings. The maximum Gasteiger partial charge on any atom is 0.134 e. The third-order valence-electron chi connectivity index (χ3n) is 3.81. The fraction of sp³-hybridized carbons (Fsp3) is 0.929. The van der Waals surface area contributed by atoms with E-state index in [0.29, 0.717) is 25.7 Å². The highest BCUT2D eigenvalue weighted by molar-refractivity contribution is 7.56. The summed E-state index contributed by atoms with van der Waals surface area (Å²) in [6, 6.07) is 0.642. The van der Waals surface area contributed by atoms with E-state index in [9.17, 15) is 4.79 Å². The van der Waals surface area contributed by atoms with E-state index in [1.54, 1.807) is 6.92 Å². The van der Waals surface area contributed by atoms with Gasteiger partial charge in [-0.05, 0) is 45.8 Å². The Morgan fingerprint density at radius 3 is 2.00 bits per heavy atom. The number of rotatable bonds is 4. The van der Waals surface area contributed by atoms with E-state index in [0.717, 1.165) is 13.0 Å². The van der Waals surface area contributed by atoms with Crippen LogP contribution in [0.15, 0.2) is 0 Å². The first-order chi connectivity index (χ1) is 7.96. The van der Waals surface area contributed by atoms with E-state index >= 15 is 0 Å². The molecule has 1 aliphatic rings. The summed E-state index contributed by atoms with van der Waals surface area (Å²) in [4.78, 5) is 13.3. The molecule has 0 unspecified atom stereocenters. The van der Waals surface area contributed by atoms with Crippen molar-refractivity contribution in [3.63, 3.8) is 0 Å². The van der Waals surface area contributed by atoms with Gasteiger partial charge in [0, 0.05) is 18.5 Å². The van der Waals surface area contributed by atoms with Crippen LogP contribution in [-0.4, -0.2) is 49.3 Å². The molecule has 0 aliphatic carbocycles. The van der Waals surface area contributed by atoms with Crippen molar-refractivity contribution in [1.29, 1.82) is 0 Å². The standard InChI is InChI=1S/C9H17NO.C5H13P/c1-4-9-5-8(7(2)11)6-10(9)3;1-4-6(3)5-2/h8-9H,4-6H2,1-3H3;4-5H2,1-3H3/t8-,9+;/m0./s1. The zero-order chi connectivity index (χ0) is 13.4. The first-order valence-electron chi connectivity index (χ1n) is 6.85. The second-order valence-electron chi connectivity index (χ2n) is 5.03. The topological polar surface area (TPSA) is 20.3 Å². The Bertz CT molecular complexity index is 216. The van der Waals surface area contributed by atoms with Crippen LogP contribution in [0.2, 0.25) is 0 Å². The van der Waals surface area contributed by atoms with Crippen molar-refractivity contribution in [2.45, 2.75) is 46.6 Å². The molecule has 2 nitrogen and oxygen atoms in total. The molecular weight excluding hydrogens is 229 g/mol. The third-order valence-corrected chi connectivity index (χ3v) is 5.97. The number of nitrogens with zero attached hydrogens (tertiary/aromatic N) is 1. The molecule has 0 saturated carbocycles. The van der Waals surface area contributed by atoms with Gasteiger partial charge in [-0.3, -0.25) is 4.79 Å². The van der Waals surface area contributed by atoms with Gasteiger partial charge in [0.2, 0.25) is 0 Å². The lowest BCUT2D eigenvalue weighted by Gasteiger charge is -2.15. The van der Waals surface area contributed by atoms with Crippen molar-refractivity contribution in [3.05, 3.63) is 0 Å². The van der Waals surface area contributed by atoms with Gasteiger partial charge in [0.05, 0.1) is 0 Å². The lowest BCUT2D eigenvalue weighted by Crippen LogP contribution is -2.24. The molecule has 17 heavy (non-hydrogen) atoms. The van der Waals surface area contributed by atoms with Gasteiger partial charge in [0.25, 0.3) is 0 Å². The SMILES string of the molecule is CCP(C)CC.CC[C@@H]1C[C@H](C(C)=O)CN1C. The normalized spacial score (nSPS) is 24.6. The summed E-state index contributed by atoms with van der Waals surface area (Å²) in [5.41, 5.74) is 0. The Kier molecular flexibility index (Phi) is 9.08. The second-order valence-corrected chi connectivity index (χ2v) is 8.01. The van der Waals surface area contributed by atoms with Crippen LogP contribution in [0.5, 0.6) is 0 Å². The second kappa shape index (κ2) is 9.05. The van der Waals surface area contributed by atoms with Gasteiger partial charge < -0.3 is 4.90 Å². The van der Waals surface area contributed by atoms with Gasteiger partial charge in [-0.15, -0.1) is 7.92 Å². The number of hydrogen-bond acceptors (Lipinski definition) is 2. The Balaban J connectivity index is 0.000000366. The van der Waals surface area contributed by atoms with Crippen LogP contribution < -0.4 is 0 Å². The Morgan fingerprint density at radius 2 is 1.82 bits per heavy atom. The smallest absolute Gasteiger partial charge is 0.134 e. The summed E-state index contributed by atoms with van der Waals surface area (Å²) in [5.74, 6) is 0.665. The summed E-state index contributed by atoms with van der Waals surface area (Å²) in [6.45, 7) is 11.7. The molecule has 0 amide bonds. The average Bonchev–Trinajstić information content (AvgIpc) is 2.70. The summed E-state index contributed by atoms with van der Waals surface area (Å²) >= 11 is 0. The molecule has 0 aromatic heterocycles. The molecule has 0 aromatic carbocycles. The molecule has 0 aromatic rings. The van der Waals surface area contributed by atoms with E-state index in [1.165, 1.54) is 18.7 Å². The summed E-state index contributed by atoms with van der Waals surface area (Å²) in [5, 5.41) is 0. The number of ketones is 1. The molecule has 1 saturated heterocycles. The van der Waals surface area contributed by atoms with Crippen molar-refractivity contribution in [3.8, 4) is 0 Å². The van der Waals surface area contributed by atoms with Gasteiger partial charge >= 0.3 is 0 Å². The Hall–Kier alpha value is 0.0600. The van der Waals surface area contributed by atoms with Crippen LogP contribution in [0, 0.1) is 5.92 Å². The fourth-order valence-electron chi connectivity index (χ4n) is 2.08.